The van der Waals surface area contributed by atoms with E-state index in [1.807, 2.05) is 30.3 Å². The molecule has 21 heavy (non-hydrogen) atoms. The molecule has 0 radical (unpaired) electrons. The Kier molecular flexibility index (Phi) is 8.02. The Morgan fingerprint density at radius 1 is 0.952 bits per heavy atom. The lowest BCUT2D eigenvalue weighted by Crippen LogP contribution is -2.09. The van der Waals surface area contributed by atoms with Gasteiger partial charge in [-0.25, -0.2) is 4.57 Å². The van der Waals surface area contributed by atoms with Gasteiger partial charge in [0.2, 0.25) is 0 Å². The van der Waals surface area contributed by atoms with Crippen molar-refractivity contribution in [3.05, 3.63) is 30.3 Å². The summed E-state index contributed by atoms with van der Waals surface area (Å²) in [7, 11) is -3.30. The van der Waals surface area contributed by atoms with Crippen LogP contribution in [0.2, 0.25) is 0 Å². The molecule has 0 aliphatic heterocycles. The molecule has 0 amide bonds. The third-order valence-electron chi connectivity index (χ3n) is 2.95. The van der Waals surface area contributed by atoms with Gasteiger partial charge in [-0.2, -0.15) is 0 Å². The highest BCUT2D eigenvalue weighted by molar-refractivity contribution is 7.55. The second kappa shape index (κ2) is 9.24. The SMILES string of the molecule is CC(C)CCOP(=O)(Nc1ccccc1)OCCC(C)C. The number of nitrogens with one attached hydrogen (secondary N) is 1. The van der Waals surface area contributed by atoms with Crippen molar-refractivity contribution in [2.24, 2.45) is 11.8 Å². The fraction of sp³-hybridized carbons (Fsp3) is 0.625. The second-order valence-corrected chi connectivity index (χ2v) is 7.74. The molecule has 4 nitrogen and oxygen atoms in total. The monoisotopic (exact) mass is 313 g/mol. The summed E-state index contributed by atoms with van der Waals surface area (Å²) in [6, 6.07) is 9.38. The third-order valence-corrected chi connectivity index (χ3v) is 4.53. The van der Waals surface area contributed by atoms with Gasteiger partial charge in [-0.05, 0) is 36.8 Å². The lowest BCUT2D eigenvalue weighted by molar-refractivity contribution is 0.193. The summed E-state index contributed by atoms with van der Waals surface area (Å²) in [5.41, 5.74) is 0.745. The predicted octanol–water partition coefficient (Wildman–Crippen LogP) is 5.33. The van der Waals surface area contributed by atoms with Gasteiger partial charge in [-0.15, -0.1) is 0 Å². The largest absolute Gasteiger partial charge is 0.432 e. The highest BCUT2D eigenvalue weighted by Gasteiger charge is 2.25. The molecule has 0 aliphatic carbocycles. The van der Waals surface area contributed by atoms with Gasteiger partial charge in [-0.3, -0.25) is 14.1 Å². The van der Waals surface area contributed by atoms with Crippen molar-refractivity contribution in [3.63, 3.8) is 0 Å². The maximum absolute atomic E-state index is 12.8. The van der Waals surface area contributed by atoms with Crippen LogP contribution in [0.15, 0.2) is 30.3 Å². The normalized spacial score (nSPS) is 12.1. The first-order valence-corrected chi connectivity index (χ1v) is 9.18. The van der Waals surface area contributed by atoms with Crippen LogP contribution in [0.3, 0.4) is 0 Å². The van der Waals surface area contributed by atoms with Crippen LogP contribution in [0.25, 0.3) is 0 Å². The average Bonchev–Trinajstić information content (AvgIpc) is 2.38. The summed E-state index contributed by atoms with van der Waals surface area (Å²) in [6.45, 7) is 9.29. The van der Waals surface area contributed by atoms with Gasteiger partial charge in [0.05, 0.1) is 13.2 Å². The van der Waals surface area contributed by atoms with Crippen LogP contribution >= 0.6 is 7.75 Å². The minimum absolute atomic E-state index is 0.427. The first kappa shape index (κ1) is 18.2. The van der Waals surface area contributed by atoms with Crippen LogP contribution in [-0.2, 0) is 13.6 Å². The van der Waals surface area contributed by atoms with Gasteiger partial charge in [0.25, 0.3) is 0 Å². The van der Waals surface area contributed by atoms with Gasteiger partial charge in [0, 0.05) is 5.69 Å². The molecule has 0 atom stereocenters. The van der Waals surface area contributed by atoms with Crippen LogP contribution in [0.4, 0.5) is 5.69 Å². The van der Waals surface area contributed by atoms with E-state index in [2.05, 4.69) is 32.8 Å². The number of anilines is 1. The Hall–Kier alpha value is -0.830. The Labute approximate surface area is 128 Å². The molecule has 0 bridgehead atoms. The summed E-state index contributed by atoms with van der Waals surface area (Å²) in [5.74, 6) is 1.01. The maximum Gasteiger partial charge on any atom is 0.432 e. The van der Waals surface area contributed by atoms with Crippen molar-refractivity contribution >= 4 is 13.4 Å². The smallest absolute Gasteiger partial charge is 0.293 e. The maximum atomic E-state index is 12.8. The van der Waals surface area contributed by atoms with E-state index in [1.165, 1.54) is 0 Å². The summed E-state index contributed by atoms with van der Waals surface area (Å²) >= 11 is 0. The van der Waals surface area contributed by atoms with Crippen molar-refractivity contribution < 1.29 is 13.6 Å². The lowest BCUT2D eigenvalue weighted by atomic mass is 10.2. The molecule has 0 heterocycles. The molecule has 0 aliphatic rings. The molecular formula is C16H28NO3P. The summed E-state index contributed by atoms with van der Waals surface area (Å²) < 4.78 is 23.9. The molecular weight excluding hydrogens is 285 g/mol. The van der Waals surface area contributed by atoms with E-state index in [1.54, 1.807) is 0 Å². The van der Waals surface area contributed by atoms with E-state index >= 15 is 0 Å². The zero-order chi connectivity index (χ0) is 15.7. The average molecular weight is 313 g/mol. The molecule has 0 saturated heterocycles. The minimum atomic E-state index is -3.30. The van der Waals surface area contributed by atoms with Gasteiger partial charge in [0.15, 0.2) is 0 Å². The van der Waals surface area contributed by atoms with Crippen molar-refractivity contribution in [1.29, 1.82) is 0 Å². The standard InChI is InChI=1S/C16H28NO3P/c1-14(2)10-12-19-21(18,20-13-11-15(3)4)17-16-8-6-5-7-9-16/h5-9,14-15H,10-13H2,1-4H3,(H,17,18). The highest BCUT2D eigenvalue weighted by atomic mass is 31.2. The van der Waals surface area contributed by atoms with Crippen LogP contribution in [0.1, 0.15) is 40.5 Å². The first-order valence-electron chi connectivity index (χ1n) is 7.64. The number of para-hydroxylation sites is 1. The van der Waals surface area contributed by atoms with E-state index < -0.39 is 7.75 Å². The van der Waals surface area contributed by atoms with Crippen LogP contribution in [-0.4, -0.2) is 13.2 Å². The third kappa shape index (κ3) is 8.25. The Morgan fingerprint density at radius 2 is 1.43 bits per heavy atom. The lowest BCUT2D eigenvalue weighted by Gasteiger charge is -2.21. The molecule has 1 N–H and O–H groups in total. The topological polar surface area (TPSA) is 47.6 Å². The molecule has 120 valence electrons. The molecule has 0 unspecified atom stereocenters. The number of rotatable bonds is 10. The molecule has 0 saturated carbocycles. The Morgan fingerprint density at radius 3 is 1.86 bits per heavy atom. The zero-order valence-electron chi connectivity index (χ0n) is 13.5. The van der Waals surface area contributed by atoms with E-state index in [-0.39, 0.29) is 0 Å². The molecule has 5 heteroatoms. The summed E-state index contributed by atoms with van der Waals surface area (Å²) in [4.78, 5) is 0. The predicted molar refractivity (Wildman–Crippen MR) is 88.5 cm³/mol. The molecule has 0 fully saturated rings. The molecule has 1 aromatic rings. The molecule has 0 spiro atoms. The van der Waals surface area contributed by atoms with E-state index in [0.717, 1.165) is 18.5 Å². The first-order chi connectivity index (χ1) is 9.91. The van der Waals surface area contributed by atoms with Crippen LogP contribution in [0.5, 0.6) is 0 Å². The second-order valence-electron chi connectivity index (χ2n) is 6.01. The molecule has 1 rings (SSSR count). The molecule has 0 aromatic heterocycles. The van der Waals surface area contributed by atoms with Gasteiger partial charge in [-0.1, -0.05) is 45.9 Å². The zero-order valence-corrected chi connectivity index (χ0v) is 14.4. The van der Waals surface area contributed by atoms with E-state index in [0.29, 0.717) is 25.0 Å². The van der Waals surface area contributed by atoms with Crippen molar-refractivity contribution in [3.8, 4) is 0 Å². The van der Waals surface area contributed by atoms with Gasteiger partial charge >= 0.3 is 7.75 Å². The number of benzene rings is 1. The summed E-state index contributed by atoms with van der Waals surface area (Å²) in [6.07, 6.45) is 1.71. The highest BCUT2D eigenvalue weighted by Crippen LogP contribution is 2.48. The number of hydrogen-bond donors (Lipinski definition) is 1. The Bertz CT molecular complexity index is 416. The quantitative estimate of drug-likeness (QED) is 0.593. The van der Waals surface area contributed by atoms with Crippen molar-refractivity contribution in [2.75, 3.05) is 18.3 Å². The van der Waals surface area contributed by atoms with Gasteiger partial charge in [0.1, 0.15) is 0 Å². The van der Waals surface area contributed by atoms with Crippen molar-refractivity contribution in [2.45, 2.75) is 40.5 Å². The van der Waals surface area contributed by atoms with E-state index in [9.17, 15) is 4.57 Å². The van der Waals surface area contributed by atoms with Crippen molar-refractivity contribution in [1.82, 2.24) is 0 Å². The Balaban J connectivity index is 2.61. The van der Waals surface area contributed by atoms with Gasteiger partial charge < -0.3 is 0 Å². The minimum Gasteiger partial charge on any atom is -0.293 e. The fourth-order valence-electron chi connectivity index (χ4n) is 1.59. The van der Waals surface area contributed by atoms with Crippen LogP contribution < -0.4 is 5.09 Å². The number of hydrogen-bond acceptors (Lipinski definition) is 3. The van der Waals surface area contributed by atoms with E-state index in [4.69, 9.17) is 9.05 Å². The fourth-order valence-corrected chi connectivity index (χ4v) is 2.95. The molecule has 1 aromatic carbocycles. The van der Waals surface area contributed by atoms with Crippen LogP contribution in [0, 0.1) is 11.8 Å². The summed E-state index contributed by atoms with van der Waals surface area (Å²) in [5, 5.41) is 2.91.